The van der Waals surface area contributed by atoms with E-state index < -0.39 is 0 Å². The van der Waals surface area contributed by atoms with Crippen molar-refractivity contribution in [2.24, 2.45) is 0 Å². The highest BCUT2D eigenvalue weighted by atomic mass is 32.1. The molecular formula is C21H21FN2O2S. The van der Waals surface area contributed by atoms with E-state index in [1.54, 1.807) is 25.2 Å². The van der Waals surface area contributed by atoms with Crippen molar-refractivity contribution in [2.75, 3.05) is 18.9 Å². The SMILES string of the molecule is Cc1cc(C)c(NC(=O)CN(C)C(=O)c2cc3c(F)cccc3s2)c(C)c1. The van der Waals surface area contributed by atoms with E-state index >= 15 is 0 Å². The summed E-state index contributed by atoms with van der Waals surface area (Å²) >= 11 is 1.22. The zero-order chi connectivity index (χ0) is 19.7. The Bertz CT molecular complexity index is 1020. The Labute approximate surface area is 161 Å². The molecule has 27 heavy (non-hydrogen) atoms. The monoisotopic (exact) mass is 384 g/mol. The van der Waals surface area contributed by atoms with Gasteiger partial charge < -0.3 is 10.2 Å². The van der Waals surface area contributed by atoms with Crippen LogP contribution in [-0.2, 0) is 4.79 Å². The predicted octanol–water partition coefficient (Wildman–Crippen LogP) is 4.68. The molecule has 0 saturated carbocycles. The highest BCUT2D eigenvalue weighted by Gasteiger charge is 2.19. The van der Waals surface area contributed by atoms with Crippen LogP contribution in [0.4, 0.5) is 10.1 Å². The number of rotatable bonds is 4. The Morgan fingerprint density at radius 1 is 1.11 bits per heavy atom. The van der Waals surface area contributed by atoms with E-state index in [0.29, 0.717) is 15.0 Å². The molecule has 0 saturated heterocycles. The maximum atomic E-state index is 13.8. The minimum Gasteiger partial charge on any atom is -0.332 e. The number of nitrogens with one attached hydrogen (secondary N) is 1. The van der Waals surface area contributed by atoms with Crippen molar-refractivity contribution >= 4 is 38.9 Å². The lowest BCUT2D eigenvalue weighted by Crippen LogP contribution is -2.34. The van der Waals surface area contributed by atoms with Gasteiger partial charge in [-0.2, -0.15) is 0 Å². The van der Waals surface area contributed by atoms with Crippen molar-refractivity contribution in [1.29, 1.82) is 0 Å². The molecule has 0 fully saturated rings. The van der Waals surface area contributed by atoms with Gasteiger partial charge in [0.15, 0.2) is 0 Å². The molecule has 2 amide bonds. The number of carbonyl (C=O) groups is 2. The Balaban J connectivity index is 1.72. The van der Waals surface area contributed by atoms with Gasteiger partial charge in [0.2, 0.25) is 5.91 Å². The molecule has 2 aromatic carbocycles. The second-order valence-electron chi connectivity index (χ2n) is 6.75. The second-order valence-corrected chi connectivity index (χ2v) is 7.83. The van der Waals surface area contributed by atoms with Crippen molar-refractivity contribution in [1.82, 2.24) is 4.90 Å². The number of anilines is 1. The number of hydrogen-bond donors (Lipinski definition) is 1. The number of aryl methyl sites for hydroxylation is 3. The molecule has 1 heterocycles. The van der Waals surface area contributed by atoms with Crippen LogP contribution in [0.25, 0.3) is 10.1 Å². The van der Waals surface area contributed by atoms with Gasteiger partial charge in [-0.25, -0.2) is 4.39 Å². The van der Waals surface area contributed by atoms with Crippen LogP contribution in [0.5, 0.6) is 0 Å². The summed E-state index contributed by atoms with van der Waals surface area (Å²) in [5, 5.41) is 3.31. The number of carbonyl (C=O) groups excluding carboxylic acids is 2. The lowest BCUT2D eigenvalue weighted by atomic mass is 10.1. The van der Waals surface area contributed by atoms with Crippen molar-refractivity contribution in [3.05, 3.63) is 63.8 Å². The molecule has 0 unspecified atom stereocenters. The smallest absolute Gasteiger partial charge is 0.264 e. The molecule has 0 aliphatic rings. The zero-order valence-electron chi connectivity index (χ0n) is 15.7. The first-order chi connectivity index (χ1) is 12.8. The van der Waals surface area contributed by atoms with E-state index in [4.69, 9.17) is 0 Å². The van der Waals surface area contributed by atoms with Gasteiger partial charge >= 0.3 is 0 Å². The van der Waals surface area contributed by atoms with Crippen molar-refractivity contribution in [2.45, 2.75) is 20.8 Å². The minimum absolute atomic E-state index is 0.0810. The molecule has 140 valence electrons. The number of fused-ring (bicyclic) bond motifs is 1. The third-order valence-electron chi connectivity index (χ3n) is 4.39. The fourth-order valence-corrected chi connectivity index (χ4v) is 4.23. The van der Waals surface area contributed by atoms with Gasteiger partial charge in [0.25, 0.3) is 5.91 Å². The van der Waals surface area contributed by atoms with E-state index in [9.17, 15) is 14.0 Å². The van der Waals surface area contributed by atoms with E-state index in [-0.39, 0.29) is 24.2 Å². The van der Waals surface area contributed by atoms with Gasteiger partial charge in [-0.1, -0.05) is 23.8 Å². The van der Waals surface area contributed by atoms with Crippen LogP contribution in [0, 0.1) is 26.6 Å². The highest BCUT2D eigenvalue weighted by molar-refractivity contribution is 7.20. The number of thiophene rings is 1. The molecular weight excluding hydrogens is 363 g/mol. The van der Waals surface area contributed by atoms with E-state index in [1.807, 2.05) is 32.9 Å². The molecule has 4 nitrogen and oxygen atoms in total. The maximum absolute atomic E-state index is 13.8. The van der Waals surface area contributed by atoms with Crippen LogP contribution in [0.1, 0.15) is 26.4 Å². The summed E-state index contributed by atoms with van der Waals surface area (Å²) in [6.45, 7) is 5.81. The van der Waals surface area contributed by atoms with Crippen LogP contribution in [0.3, 0.4) is 0 Å². The summed E-state index contributed by atoms with van der Waals surface area (Å²) in [5.41, 5.74) is 3.87. The molecule has 0 atom stereocenters. The number of amides is 2. The lowest BCUT2D eigenvalue weighted by Gasteiger charge is -2.18. The largest absolute Gasteiger partial charge is 0.332 e. The van der Waals surface area contributed by atoms with Crippen LogP contribution in [0.15, 0.2) is 36.4 Å². The number of nitrogens with zero attached hydrogens (tertiary/aromatic N) is 1. The molecule has 3 aromatic rings. The molecule has 6 heteroatoms. The van der Waals surface area contributed by atoms with Crippen LogP contribution < -0.4 is 5.32 Å². The molecule has 0 radical (unpaired) electrons. The average Bonchev–Trinajstić information content (AvgIpc) is 3.03. The van der Waals surface area contributed by atoms with Crippen molar-refractivity contribution in [3.8, 4) is 0 Å². The van der Waals surface area contributed by atoms with Gasteiger partial charge in [-0.3, -0.25) is 9.59 Å². The standard InChI is InChI=1S/C21H21FN2O2S/c1-12-8-13(2)20(14(3)9-12)23-19(25)11-24(4)21(26)18-10-15-16(22)6-5-7-17(15)27-18/h5-10H,11H2,1-4H3,(H,23,25). The van der Waals surface area contributed by atoms with Gasteiger partial charge in [-0.15, -0.1) is 11.3 Å². The first-order valence-electron chi connectivity index (χ1n) is 8.57. The van der Waals surface area contributed by atoms with Gasteiger partial charge in [0.1, 0.15) is 5.82 Å². The molecule has 0 aliphatic heterocycles. The number of hydrogen-bond acceptors (Lipinski definition) is 3. The Morgan fingerprint density at radius 2 is 1.78 bits per heavy atom. The summed E-state index contributed by atoms with van der Waals surface area (Å²) < 4.78 is 14.5. The van der Waals surface area contributed by atoms with Crippen LogP contribution in [0.2, 0.25) is 0 Å². The van der Waals surface area contributed by atoms with Crippen molar-refractivity contribution in [3.63, 3.8) is 0 Å². The Morgan fingerprint density at radius 3 is 2.41 bits per heavy atom. The quantitative estimate of drug-likeness (QED) is 0.710. The zero-order valence-corrected chi connectivity index (χ0v) is 16.5. The number of halogens is 1. The van der Waals surface area contributed by atoms with E-state index in [0.717, 1.165) is 22.4 Å². The minimum atomic E-state index is -0.353. The van der Waals surface area contributed by atoms with E-state index in [1.165, 1.54) is 22.3 Å². The lowest BCUT2D eigenvalue weighted by molar-refractivity contribution is -0.116. The summed E-state index contributed by atoms with van der Waals surface area (Å²) in [6.07, 6.45) is 0. The summed E-state index contributed by atoms with van der Waals surface area (Å²) in [7, 11) is 1.57. The third kappa shape index (κ3) is 4.01. The molecule has 3 rings (SSSR count). The van der Waals surface area contributed by atoms with Gasteiger partial charge in [0, 0.05) is 22.8 Å². The van der Waals surface area contributed by atoms with Crippen LogP contribution >= 0.6 is 11.3 Å². The molecule has 0 bridgehead atoms. The number of likely N-dealkylation sites (N-methyl/N-ethyl adjacent to an activating group) is 1. The maximum Gasteiger partial charge on any atom is 0.264 e. The van der Waals surface area contributed by atoms with Gasteiger partial charge in [0.05, 0.1) is 11.4 Å². The average molecular weight is 384 g/mol. The Hall–Kier alpha value is -2.73. The predicted molar refractivity (Wildman–Crippen MR) is 108 cm³/mol. The fourth-order valence-electron chi connectivity index (χ4n) is 3.16. The Kier molecular flexibility index (Phi) is 5.28. The third-order valence-corrected chi connectivity index (χ3v) is 5.48. The fraction of sp³-hybridized carbons (Fsp3) is 0.238. The first-order valence-corrected chi connectivity index (χ1v) is 9.39. The molecule has 1 aromatic heterocycles. The first kappa shape index (κ1) is 19.0. The number of benzene rings is 2. The second kappa shape index (κ2) is 7.48. The molecule has 0 spiro atoms. The summed E-state index contributed by atoms with van der Waals surface area (Å²) in [4.78, 5) is 26.8. The molecule has 1 N–H and O–H groups in total. The molecule has 0 aliphatic carbocycles. The summed E-state index contributed by atoms with van der Waals surface area (Å²) in [6, 6.07) is 10.3. The summed E-state index contributed by atoms with van der Waals surface area (Å²) in [5.74, 6) is -0.926. The van der Waals surface area contributed by atoms with Crippen LogP contribution in [-0.4, -0.2) is 30.3 Å². The van der Waals surface area contributed by atoms with Crippen molar-refractivity contribution < 1.29 is 14.0 Å². The highest BCUT2D eigenvalue weighted by Crippen LogP contribution is 2.28. The van der Waals surface area contributed by atoms with E-state index in [2.05, 4.69) is 5.32 Å². The van der Waals surface area contributed by atoms with Gasteiger partial charge in [-0.05, 0) is 50.1 Å². The topological polar surface area (TPSA) is 49.4 Å². The normalized spacial score (nSPS) is 10.9.